The Labute approximate surface area is 128 Å². The van der Waals surface area contributed by atoms with E-state index < -0.39 is 6.10 Å². The molecule has 0 saturated carbocycles. The summed E-state index contributed by atoms with van der Waals surface area (Å²) in [5.41, 5.74) is 0.852. The molecule has 0 aromatic heterocycles. The lowest BCUT2D eigenvalue weighted by Crippen LogP contribution is -2.27. The molecule has 1 aromatic rings. The van der Waals surface area contributed by atoms with Crippen molar-refractivity contribution in [1.29, 1.82) is 0 Å². The van der Waals surface area contributed by atoms with Crippen molar-refractivity contribution in [3.05, 3.63) is 35.9 Å². The number of hydrogen-bond donors (Lipinski definition) is 0. The first-order chi connectivity index (χ1) is 10.1. The van der Waals surface area contributed by atoms with Crippen molar-refractivity contribution in [3.8, 4) is 0 Å². The molecule has 118 valence electrons. The summed E-state index contributed by atoms with van der Waals surface area (Å²) in [4.78, 5) is 12.1. The van der Waals surface area contributed by atoms with E-state index in [1.807, 2.05) is 30.3 Å². The lowest BCUT2D eigenvalue weighted by Gasteiger charge is -2.26. The average molecular weight is 292 g/mol. The molecule has 0 saturated heterocycles. The third kappa shape index (κ3) is 5.88. The van der Waals surface area contributed by atoms with Crippen LogP contribution in [-0.2, 0) is 14.3 Å². The molecule has 0 heterocycles. The van der Waals surface area contributed by atoms with Crippen LogP contribution in [0, 0.1) is 5.92 Å². The van der Waals surface area contributed by atoms with E-state index >= 15 is 0 Å². The Hall–Kier alpha value is -1.35. The van der Waals surface area contributed by atoms with Crippen LogP contribution < -0.4 is 0 Å². The van der Waals surface area contributed by atoms with Crippen molar-refractivity contribution in [2.75, 3.05) is 7.11 Å². The van der Waals surface area contributed by atoms with Gasteiger partial charge >= 0.3 is 5.97 Å². The monoisotopic (exact) mass is 292 g/mol. The summed E-state index contributed by atoms with van der Waals surface area (Å²) in [6.07, 6.45) is 3.92. The second-order valence-corrected chi connectivity index (χ2v) is 5.73. The Morgan fingerprint density at radius 2 is 1.81 bits per heavy atom. The van der Waals surface area contributed by atoms with Crippen molar-refractivity contribution in [2.45, 2.75) is 58.7 Å². The minimum absolute atomic E-state index is 0.0702. The van der Waals surface area contributed by atoms with Gasteiger partial charge in [-0.05, 0) is 17.9 Å². The Kier molecular flexibility index (Phi) is 8.06. The van der Waals surface area contributed by atoms with Gasteiger partial charge in [-0.15, -0.1) is 0 Å². The van der Waals surface area contributed by atoms with Crippen LogP contribution >= 0.6 is 0 Å². The summed E-state index contributed by atoms with van der Waals surface area (Å²) < 4.78 is 11.0. The average Bonchev–Trinajstić information content (AvgIpc) is 2.50. The molecule has 0 unspecified atom stereocenters. The topological polar surface area (TPSA) is 35.5 Å². The Balaban J connectivity index is 2.80. The zero-order valence-electron chi connectivity index (χ0n) is 13.7. The number of hydrogen-bond acceptors (Lipinski definition) is 3. The molecule has 0 amide bonds. The van der Waals surface area contributed by atoms with Crippen molar-refractivity contribution in [2.24, 2.45) is 5.92 Å². The van der Waals surface area contributed by atoms with Crippen LogP contribution in [0.5, 0.6) is 0 Å². The summed E-state index contributed by atoms with van der Waals surface area (Å²) >= 11 is 0. The lowest BCUT2D eigenvalue weighted by molar-refractivity contribution is -0.161. The van der Waals surface area contributed by atoms with Crippen molar-refractivity contribution in [3.63, 3.8) is 0 Å². The lowest BCUT2D eigenvalue weighted by atomic mass is 9.99. The molecule has 0 bridgehead atoms. The van der Waals surface area contributed by atoms with Crippen LogP contribution in [0.4, 0.5) is 0 Å². The van der Waals surface area contributed by atoms with Gasteiger partial charge in [-0.1, -0.05) is 70.4 Å². The fraction of sp³-hybridized carbons (Fsp3) is 0.611. The molecule has 0 aliphatic heterocycles. The number of carbonyl (C=O) groups excluding carboxylic acids is 1. The van der Waals surface area contributed by atoms with Crippen LogP contribution in [0.3, 0.4) is 0 Å². The zero-order chi connectivity index (χ0) is 15.7. The van der Waals surface area contributed by atoms with Gasteiger partial charge in [0, 0.05) is 0 Å². The highest BCUT2D eigenvalue weighted by Crippen LogP contribution is 2.26. The van der Waals surface area contributed by atoms with E-state index in [2.05, 4.69) is 20.8 Å². The molecule has 3 nitrogen and oxygen atoms in total. The molecular weight excluding hydrogens is 264 g/mol. The predicted octanol–water partition coefficient (Wildman–Crippen LogP) is 4.52. The van der Waals surface area contributed by atoms with Crippen LogP contribution in [0.25, 0.3) is 0 Å². The van der Waals surface area contributed by atoms with E-state index in [0.717, 1.165) is 18.4 Å². The Morgan fingerprint density at radius 1 is 1.14 bits per heavy atom. The van der Waals surface area contributed by atoms with Gasteiger partial charge < -0.3 is 9.47 Å². The maximum atomic E-state index is 12.1. The van der Waals surface area contributed by atoms with Crippen molar-refractivity contribution >= 4 is 5.97 Å². The molecular formula is C18H28O3. The summed E-state index contributed by atoms with van der Waals surface area (Å²) in [5, 5.41) is 0. The first-order valence-electron chi connectivity index (χ1n) is 7.88. The predicted molar refractivity (Wildman–Crippen MR) is 85.1 cm³/mol. The van der Waals surface area contributed by atoms with Gasteiger partial charge in [0.05, 0.1) is 13.2 Å². The number of carbonyl (C=O) groups is 1. The van der Waals surface area contributed by atoms with E-state index in [1.54, 1.807) is 0 Å². The largest absolute Gasteiger partial charge is 0.467 e. The number of ether oxygens (including phenoxy) is 2. The van der Waals surface area contributed by atoms with E-state index in [4.69, 9.17) is 9.47 Å². The summed E-state index contributed by atoms with van der Waals surface area (Å²) in [6.45, 7) is 6.46. The third-order valence-corrected chi connectivity index (χ3v) is 3.66. The molecule has 1 rings (SSSR count). The highest BCUT2D eigenvalue weighted by Gasteiger charge is 2.27. The van der Waals surface area contributed by atoms with Gasteiger partial charge in [0.25, 0.3) is 0 Å². The minimum Gasteiger partial charge on any atom is -0.467 e. The van der Waals surface area contributed by atoms with Crippen molar-refractivity contribution in [1.82, 2.24) is 0 Å². The van der Waals surface area contributed by atoms with Gasteiger partial charge in [0.15, 0.2) is 6.10 Å². The van der Waals surface area contributed by atoms with E-state index in [1.165, 1.54) is 20.0 Å². The second-order valence-electron chi connectivity index (χ2n) is 5.73. The SMILES string of the molecule is CCCCC[C@@H](O[C@@H](C(=O)OC)c1ccccc1)C(C)C. The van der Waals surface area contributed by atoms with Gasteiger partial charge in [0.2, 0.25) is 0 Å². The number of esters is 1. The van der Waals surface area contributed by atoms with E-state index in [0.29, 0.717) is 5.92 Å². The Morgan fingerprint density at radius 3 is 2.33 bits per heavy atom. The molecule has 0 spiro atoms. The van der Waals surface area contributed by atoms with Crippen LogP contribution in [0.15, 0.2) is 30.3 Å². The fourth-order valence-corrected chi connectivity index (χ4v) is 2.33. The summed E-state index contributed by atoms with van der Waals surface area (Å²) in [7, 11) is 1.41. The normalized spacial score (nSPS) is 14.0. The smallest absolute Gasteiger partial charge is 0.339 e. The second kappa shape index (κ2) is 9.56. The molecule has 1 aromatic carbocycles. The van der Waals surface area contributed by atoms with Crippen LogP contribution in [-0.4, -0.2) is 19.2 Å². The Bertz CT molecular complexity index is 400. The number of rotatable bonds is 9. The standard InChI is InChI=1S/C18H28O3/c1-5-6-8-13-16(14(2)3)21-17(18(19)20-4)15-11-9-7-10-12-15/h7,9-12,14,16-17H,5-6,8,13H2,1-4H3/t16-,17-/m1/s1. The van der Waals surface area contributed by atoms with Gasteiger partial charge in [-0.25, -0.2) is 4.79 Å². The first-order valence-corrected chi connectivity index (χ1v) is 7.88. The highest BCUT2D eigenvalue weighted by atomic mass is 16.6. The number of methoxy groups -OCH3 is 1. The van der Waals surface area contributed by atoms with Gasteiger partial charge in [-0.3, -0.25) is 0 Å². The van der Waals surface area contributed by atoms with E-state index in [-0.39, 0.29) is 12.1 Å². The maximum Gasteiger partial charge on any atom is 0.339 e. The molecule has 21 heavy (non-hydrogen) atoms. The van der Waals surface area contributed by atoms with Crippen LogP contribution in [0.2, 0.25) is 0 Å². The molecule has 3 heteroatoms. The van der Waals surface area contributed by atoms with Crippen molar-refractivity contribution < 1.29 is 14.3 Å². The number of unbranched alkanes of at least 4 members (excludes halogenated alkanes) is 2. The molecule has 0 radical (unpaired) electrons. The van der Waals surface area contributed by atoms with Gasteiger partial charge in [0.1, 0.15) is 0 Å². The summed E-state index contributed by atoms with van der Waals surface area (Å²) in [6, 6.07) is 9.57. The molecule has 0 aliphatic rings. The first kappa shape index (κ1) is 17.7. The molecule has 2 atom stereocenters. The zero-order valence-corrected chi connectivity index (χ0v) is 13.7. The maximum absolute atomic E-state index is 12.1. The molecule has 0 aliphatic carbocycles. The molecule has 0 N–H and O–H groups in total. The van der Waals surface area contributed by atoms with E-state index in [9.17, 15) is 4.79 Å². The molecule has 0 fully saturated rings. The summed E-state index contributed by atoms with van der Waals surface area (Å²) in [5.74, 6) is 0.0417. The van der Waals surface area contributed by atoms with Crippen LogP contribution in [0.1, 0.15) is 58.1 Å². The third-order valence-electron chi connectivity index (χ3n) is 3.66. The fourth-order valence-electron chi connectivity index (χ4n) is 2.33. The number of benzene rings is 1. The highest BCUT2D eigenvalue weighted by molar-refractivity contribution is 5.76. The minimum atomic E-state index is -0.634. The van der Waals surface area contributed by atoms with Gasteiger partial charge in [-0.2, -0.15) is 0 Å². The quantitative estimate of drug-likeness (QED) is 0.496.